The van der Waals surface area contributed by atoms with E-state index in [4.69, 9.17) is 9.47 Å². The molecule has 30 heavy (non-hydrogen) atoms. The lowest BCUT2D eigenvalue weighted by molar-refractivity contribution is -0.150. The number of phenols is 1. The zero-order chi connectivity index (χ0) is 21.3. The molecule has 158 valence electrons. The Hall–Kier alpha value is -2.64. The smallest absolute Gasteiger partial charge is 0.310 e. The number of piperidine rings is 1. The van der Waals surface area contributed by atoms with Crippen LogP contribution in [0, 0.1) is 12.8 Å². The second-order valence-electron chi connectivity index (χ2n) is 7.68. The largest absolute Gasteiger partial charge is 0.507 e. The van der Waals surface area contributed by atoms with Crippen LogP contribution in [0.5, 0.6) is 11.5 Å². The molecule has 1 aromatic heterocycles. The van der Waals surface area contributed by atoms with Crippen molar-refractivity contribution in [2.24, 2.45) is 5.92 Å². The van der Waals surface area contributed by atoms with E-state index >= 15 is 0 Å². The Morgan fingerprint density at radius 2 is 2.30 bits per heavy atom. The minimum atomic E-state index is -0.173. The van der Waals surface area contributed by atoms with E-state index < -0.39 is 0 Å². The molecule has 1 fully saturated rings. The van der Waals surface area contributed by atoms with Gasteiger partial charge in [0.1, 0.15) is 11.5 Å². The summed E-state index contributed by atoms with van der Waals surface area (Å²) >= 11 is 1.53. The highest BCUT2D eigenvalue weighted by molar-refractivity contribution is 7.10. The molecule has 1 saturated heterocycles. The predicted molar refractivity (Wildman–Crippen MR) is 115 cm³/mol. The van der Waals surface area contributed by atoms with E-state index in [-0.39, 0.29) is 29.2 Å². The number of aryl methyl sites for hydroxylation is 1. The molecule has 6 nitrogen and oxygen atoms in total. The number of benzene rings is 1. The molecule has 7 heteroatoms. The minimum Gasteiger partial charge on any atom is -0.507 e. The van der Waals surface area contributed by atoms with Crippen molar-refractivity contribution in [3.05, 3.63) is 50.9 Å². The average Bonchev–Trinajstić information content (AvgIpc) is 3.34. The van der Waals surface area contributed by atoms with Crippen LogP contribution in [0.1, 0.15) is 46.1 Å². The van der Waals surface area contributed by atoms with Crippen molar-refractivity contribution >= 4 is 29.2 Å². The molecule has 1 unspecified atom stereocenters. The lowest BCUT2D eigenvalue weighted by atomic mass is 9.96. The zero-order valence-corrected chi connectivity index (χ0v) is 18.0. The maximum absolute atomic E-state index is 13.0. The number of esters is 1. The SMILES string of the molecule is CCOC(=O)C1CCCN(Cc2c(O)cc(C)c3c2O/C(=C\c2cccs2)C3=O)C1. The Morgan fingerprint density at radius 3 is 3.03 bits per heavy atom. The fourth-order valence-corrected chi connectivity index (χ4v) is 4.76. The highest BCUT2D eigenvalue weighted by Gasteiger charge is 2.35. The number of aromatic hydroxyl groups is 1. The van der Waals surface area contributed by atoms with Gasteiger partial charge in [-0.2, -0.15) is 0 Å². The summed E-state index contributed by atoms with van der Waals surface area (Å²) in [5.74, 6) is 0.295. The van der Waals surface area contributed by atoms with Crippen LogP contribution < -0.4 is 4.74 Å². The average molecular weight is 428 g/mol. The first-order chi connectivity index (χ1) is 14.5. The van der Waals surface area contributed by atoms with Crippen LogP contribution in [-0.2, 0) is 16.1 Å². The van der Waals surface area contributed by atoms with Crippen LogP contribution in [0.4, 0.5) is 0 Å². The molecule has 1 aromatic carbocycles. The maximum Gasteiger partial charge on any atom is 0.310 e. The van der Waals surface area contributed by atoms with Gasteiger partial charge in [-0.15, -0.1) is 11.3 Å². The van der Waals surface area contributed by atoms with Gasteiger partial charge in [-0.1, -0.05) is 6.07 Å². The topological polar surface area (TPSA) is 76.1 Å². The Bertz CT molecular complexity index is 996. The van der Waals surface area contributed by atoms with Crippen LogP contribution in [0.25, 0.3) is 6.08 Å². The van der Waals surface area contributed by atoms with Gasteiger partial charge >= 0.3 is 5.97 Å². The number of hydrogen-bond acceptors (Lipinski definition) is 7. The number of Topliss-reactive ketones (excluding diaryl/α,β-unsaturated/α-hetero) is 1. The lowest BCUT2D eigenvalue weighted by Crippen LogP contribution is -2.39. The van der Waals surface area contributed by atoms with Gasteiger partial charge in [-0.05, 0) is 56.3 Å². The molecule has 0 radical (unpaired) electrons. The second-order valence-corrected chi connectivity index (χ2v) is 8.66. The standard InChI is InChI=1S/C23H25NO5S/c1-3-28-23(27)15-6-4-8-24(12-15)13-17-18(25)10-14(2)20-21(26)19(29-22(17)20)11-16-7-5-9-30-16/h5,7,9-11,15,25H,3-4,6,8,12-13H2,1-2H3/b19-11-. The van der Waals surface area contributed by atoms with Gasteiger partial charge in [0.2, 0.25) is 5.78 Å². The summed E-state index contributed by atoms with van der Waals surface area (Å²) in [7, 11) is 0. The minimum absolute atomic E-state index is 0.106. The number of rotatable bonds is 5. The van der Waals surface area contributed by atoms with E-state index in [0.717, 1.165) is 24.3 Å². The van der Waals surface area contributed by atoms with Crippen LogP contribution in [0.2, 0.25) is 0 Å². The fourth-order valence-electron chi connectivity index (χ4n) is 4.11. The summed E-state index contributed by atoms with van der Waals surface area (Å²) in [5.41, 5.74) is 1.78. The number of likely N-dealkylation sites (tertiary alicyclic amines) is 1. The molecule has 0 saturated carbocycles. The number of ether oxygens (including phenoxy) is 2. The van der Waals surface area contributed by atoms with Crippen molar-refractivity contribution in [3.63, 3.8) is 0 Å². The van der Waals surface area contributed by atoms with E-state index in [0.29, 0.717) is 42.1 Å². The van der Waals surface area contributed by atoms with Crippen LogP contribution in [-0.4, -0.2) is 41.5 Å². The molecule has 2 aliphatic heterocycles. The van der Waals surface area contributed by atoms with Crippen LogP contribution in [0.15, 0.2) is 29.3 Å². The number of carbonyl (C=O) groups is 2. The van der Waals surface area contributed by atoms with Crippen LogP contribution >= 0.6 is 11.3 Å². The lowest BCUT2D eigenvalue weighted by Gasteiger charge is -2.31. The van der Waals surface area contributed by atoms with E-state index in [1.807, 2.05) is 24.4 Å². The Kier molecular flexibility index (Phi) is 5.92. The number of phenolic OH excluding ortho intramolecular Hbond substituents is 1. The first kappa shape index (κ1) is 20.6. The molecule has 1 atom stereocenters. The summed E-state index contributed by atoms with van der Waals surface area (Å²) in [6.07, 6.45) is 3.42. The van der Waals surface area contributed by atoms with Crippen molar-refractivity contribution in [2.75, 3.05) is 19.7 Å². The van der Waals surface area contributed by atoms with Gasteiger partial charge in [-0.25, -0.2) is 0 Å². The fraction of sp³-hybridized carbons (Fsp3) is 0.391. The zero-order valence-electron chi connectivity index (χ0n) is 17.1. The molecule has 2 aliphatic rings. The number of ketones is 1. The van der Waals surface area contributed by atoms with Gasteiger partial charge in [0.05, 0.1) is 23.7 Å². The maximum atomic E-state index is 13.0. The van der Waals surface area contributed by atoms with Gasteiger partial charge in [0.25, 0.3) is 0 Å². The van der Waals surface area contributed by atoms with Crippen molar-refractivity contribution in [1.29, 1.82) is 0 Å². The Balaban J connectivity index is 1.60. The normalized spacial score (nSPS) is 20.3. The molecular weight excluding hydrogens is 402 g/mol. The third-order valence-electron chi connectivity index (χ3n) is 5.54. The summed E-state index contributed by atoms with van der Waals surface area (Å²) in [6.45, 7) is 5.76. The molecular formula is C23H25NO5S. The summed E-state index contributed by atoms with van der Waals surface area (Å²) < 4.78 is 11.2. The third kappa shape index (κ3) is 4.00. The summed E-state index contributed by atoms with van der Waals surface area (Å²) in [5, 5.41) is 12.6. The van der Waals surface area contributed by atoms with Gasteiger partial charge in [-0.3, -0.25) is 14.5 Å². The van der Waals surface area contributed by atoms with Crippen molar-refractivity contribution < 1.29 is 24.2 Å². The van der Waals surface area contributed by atoms with E-state index in [2.05, 4.69) is 4.90 Å². The molecule has 0 amide bonds. The number of nitrogens with zero attached hydrogens (tertiary/aromatic N) is 1. The van der Waals surface area contributed by atoms with Gasteiger partial charge in [0, 0.05) is 24.0 Å². The number of thiophene rings is 1. The van der Waals surface area contributed by atoms with Crippen molar-refractivity contribution in [2.45, 2.75) is 33.2 Å². The number of hydrogen-bond donors (Lipinski definition) is 1. The molecule has 3 heterocycles. The molecule has 0 aliphatic carbocycles. The van der Waals surface area contributed by atoms with Crippen LogP contribution in [0.3, 0.4) is 0 Å². The number of allylic oxidation sites excluding steroid dienone is 1. The monoisotopic (exact) mass is 427 g/mol. The highest BCUT2D eigenvalue weighted by atomic mass is 32.1. The van der Waals surface area contributed by atoms with E-state index in [1.165, 1.54) is 11.3 Å². The van der Waals surface area contributed by atoms with Crippen molar-refractivity contribution in [3.8, 4) is 11.5 Å². The van der Waals surface area contributed by atoms with Gasteiger partial charge < -0.3 is 14.6 Å². The highest BCUT2D eigenvalue weighted by Crippen LogP contribution is 2.42. The molecule has 2 aromatic rings. The molecule has 0 bridgehead atoms. The molecule has 1 N–H and O–H groups in total. The molecule has 4 rings (SSSR count). The number of carbonyl (C=O) groups excluding carboxylic acids is 2. The quantitative estimate of drug-likeness (QED) is 0.571. The predicted octanol–water partition coefficient (Wildman–Crippen LogP) is 4.15. The summed E-state index contributed by atoms with van der Waals surface area (Å²) in [4.78, 5) is 28.2. The van der Waals surface area contributed by atoms with Gasteiger partial charge in [0.15, 0.2) is 5.76 Å². The second kappa shape index (κ2) is 8.62. The first-order valence-electron chi connectivity index (χ1n) is 10.2. The molecule has 0 spiro atoms. The number of fused-ring (bicyclic) bond motifs is 1. The van der Waals surface area contributed by atoms with E-state index in [1.54, 1.807) is 19.1 Å². The summed E-state index contributed by atoms with van der Waals surface area (Å²) in [6, 6.07) is 5.46. The Morgan fingerprint density at radius 1 is 1.47 bits per heavy atom. The first-order valence-corrected chi connectivity index (χ1v) is 11.1. The third-order valence-corrected chi connectivity index (χ3v) is 6.36. The van der Waals surface area contributed by atoms with E-state index in [9.17, 15) is 14.7 Å². The van der Waals surface area contributed by atoms with Crippen molar-refractivity contribution in [1.82, 2.24) is 4.90 Å². The Labute approximate surface area is 179 Å².